The van der Waals surface area contributed by atoms with E-state index in [2.05, 4.69) is 0 Å². The summed E-state index contributed by atoms with van der Waals surface area (Å²) in [6.45, 7) is 3.93. The van der Waals surface area contributed by atoms with Crippen LogP contribution in [-0.2, 0) is 9.53 Å². The maximum Gasteiger partial charge on any atom is 0.338 e. The van der Waals surface area contributed by atoms with Crippen LogP contribution < -0.4 is 10.5 Å². The summed E-state index contributed by atoms with van der Waals surface area (Å²) in [5, 5.41) is 0. The zero-order chi connectivity index (χ0) is 16.6. The first kappa shape index (κ1) is 18.5. The molecule has 0 saturated heterocycles. The molecule has 1 unspecified atom stereocenters. The normalized spacial score (nSPS) is 13.3. The van der Waals surface area contributed by atoms with Gasteiger partial charge in [-0.3, -0.25) is 0 Å². The minimum Gasteiger partial charge on any atom is -0.462 e. The number of rotatable bonds is 8. The SMILES string of the molecule is CCOC(=O)c1ccc(OC(=O)C(N)(CC)CCSC)cc1. The molecule has 1 aromatic rings. The van der Waals surface area contributed by atoms with Crippen LogP contribution >= 0.6 is 11.8 Å². The quantitative estimate of drug-likeness (QED) is 0.585. The molecule has 0 aliphatic rings. The highest BCUT2D eigenvalue weighted by Gasteiger charge is 2.33. The van der Waals surface area contributed by atoms with Gasteiger partial charge in [-0.05, 0) is 56.0 Å². The second-order valence-electron chi connectivity index (χ2n) is 4.89. The van der Waals surface area contributed by atoms with Gasteiger partial charge in [-0.1, -0.05) is 6.92 Å². The van der Waals surface area contributed by atoms with Crippen LogP contribution in [0.5, 0.6) is 5.75 Å². The molecule has 122 valence electrons. The lowest BCUT2D eigenvalue weighted by Crippen LogP contribution is -2.50. The van der Waals surface area contributed by atoms with Crippen LogP contribution in [0.15, 0.2) is 24.3 Å². The molecule has 5 nitrogen and oxygen atoms in total. The third-order valence-electron chi connectivity index (χ3n) is 3.37. The third kappa shape index (κ3) is 5.03. The van der Waals surface area contributed by atoms with Gasteiger partial charge in [0.2, 0.25) is 0 Å². The molecule has 0 aliphatic carbocycles. The summed E-state index contributed by atoms with van der Waals surface area (Å²) in [5.74, 6) is 0.307. The first-order valence-electron chi connectivity index (χ1n) is 7.24. The number of hydrogen-bond acceptors (Lipinski definition) is 6. The van der Waals surface area contributed by atoms with Gasteiger partial charge in [0.25, 0.3) is 0 Å². The average molecular weight is 325 g/mol. The van der Waals surface area contributed by atoms with Crippen LogP contribution in [0.2, 0.25) is 0 Å². The Bertz CT molecular complexity index is 503. The Morgan fingerprint density at radius 2 is 1.86 bits per heavy atom. The Hall–Kier alpha value is -1.53. The lowest BCUT2D eigenvalue weighted by Gasteiger charge is -2.25. The summed E-state index contributed by atoms with van der Waals surface area (Å²) >= 11 is 1.64. The number of ether oxygens (including phenoxy) is 2. The van der Waals surface area contributed by atoms with E-state index in [1.807, 2.05) is 13.2 Å². The van der Waals surface area contributed by atoms with Crippen molar-refractivity contribution < 1.29 is 19.1 Å². The van der Waals surface area contributed by atoms with Gasteiger partial charge in [-0.25, -0.2) is 9.59 Å². The Kier molecular flexibility index (Phi) is 7.41. The van der Waals surface area contributed by atoms with Crippen LogP contribution in [0, 0.1) is 0 Å². The van der Waals surface area contributed by atoms with Gasteiger partial charge in [0, 0.05) is 0 Å². The largest absolute Gasteiger partial charge is 0.462 e. The number of carbonyl (C=O) groups excluding carboxylic acids is 2. The molecule has 0 fully saturated rings. The van der Waals surface area contributed by atoms with E-state index < -0.39 is 17.5 Å². The highest BCUT2D eigenvalue weighted by atomic mass is 32.2. The molecule has 1 atom stereocenters. The Labute approximate surface area is 135 Å². The molecule has 1 aromatic carbocycles. The zero-order valence-corrected chi connectivity index (χ0v) is 14.1. The van der Waals surface area contributed by atoms with Crippen molar-refractivity contribution >= 4 is 23.7 Å². The lowest BCUT2D eigenvalue weighted by atomic mass is 9.94. The van der Waals surface area contributed by atoms with Crippen LogP contribution in [0.25, 0.3) is 0 Å². The molecular formula is C16H23NO4S. The van der Waals surface area contributed by atoms with Crippen molar-refractivity contribution in [3.8, 4) is 5.75 Å². The van der Waals surface area contributed by atoms with Gasteiger partial charge in [0.15, 0.2) is 0 Å². The van der Waals surface area contributed by atoms with Crippen molar-refractivity contribution in [3.05, 3.63) is 29.8 Å². The second kappa shape index (κ2) is 8.80. The van der Waals surface area contributed by atoms with Crippen LogP contribution in [0.4, 0.5) is 0 Å². The fourth-order valence-corrected chi connectivity index (χ4v) is 2.36. The highest BCUT2D eigenvalue weighted by Crippen LogP contribution is 2.20. The molecule has 0 saturated carbocycles. The smallest absolute Gasteiger partial charge is 0.338 e. The van der Waals surface area contributed by atoms with E-state index >= 15 is 0 Å². The van der Waals surface area contributed by atoms with Crippen molar-refractivity contribution in [1.29, 1.82) is 0 Å². The van der Waals surface area contributed by atoms with E-state index in [1.54, 1.807) is 43.0 Å². The summed E-state index contributed by atoms with van der Waals surface area (Å²) in [6, 6.07) is 6.25. The predicted octanol–water partition coefficient (Wildman–Crippen LogP) is 2.63. The zero-order valence-electron chi connectivity index (χ0n) is 13.3. The van der Waals surface area contributed by atoms with E-state index in [0.29, 0.717) is 30.8 Å². The topological polar surface area (TPSA) is 78.6 Å². The van der Waals surface area contributed by atoms with E-state index in [0.717, 1.165) is 5.75 Å². The lowest BCUT2D eigenvalue weighted by molar-refractivity contribution is -0.140. The summed E-state index contributed by atoms with van der Waals surface area (Å²) in [5.41, 5.74) is 5.56. The molecule has 0 amide bonds. The molecule has 0 aliphatic heterocycles. The Morgan fingerprint density at radius 1 is 1.23 bits per heavy atom. The molecule has 0 aromatic heterocycles. The number of carbonyl (C=O) groups is 2. The molecule has 0 spiro atoms. The molecule has 22 heavy (non-hydrogen) atoms. The van der Waals surface area contributed by atoms with Crippen molar-refractivity contribution in [2.75, 3.05) is 18.6 Å². The number of esters is 2. The minimum atomic E-state index is -0.983. The molecule has 0 radical (unpaired) electrons. The van der Waals surface area contributed by atoms with Gasteiger partial charge in [0.05, 0.1) is 12.2 Å². The number of benzene rings is 1. The Morgan fingerprint density at radius 3 is 2.36 bits per heavy atom. The van der Waals surface area contributed by atoms with Gasteiger partial charge < -0.3 is 15.2 Å². The van der Waals surface area contributed by atoms with Crippen molar-refractivity contribution in [2.45, 2.75) is 32.2 Å². The first-order chi connectivity index (χ1) is 10.5. The maximum absolute atomic E-state index is 12.2. The molecule has 2 N–H and O–H groups in total. The number of nitrogens with two attached hydrogens (primary N) is 1. The van der Waals surface area contributed by atoms with E-state index in [-0.39, 0.29) is 0 Å². The van der Waals surface area contributed by atoms with Gasteiger partial charge >= 0.3 is 11.9 Å². The summed E-state index contributed by atoms with van der Waals surface area (Å²) in [6.07, 6.45) is 3.03. The average Bonchev–Trinajstić information content (AvgIpc) is 2.53. The van der Waals surface area contributed by atoms with Crippen LogP contribution in [0.1, 0.15) is 37.0 Å². The third-order valence-corrected chi connectivity index (χ3v) is 3.98. The fourth-order valence-electron chi connectivity index (χ4n) is 1.79. The second-order valence-corrected chi connectivity index (χ2v) is 5.87. The van der Waals surface area contributed by atoms with Crippen molar-refractivity contribution in [1.82, 2.24) is 0 Å². The first-order valence-corrected chi connectivity index (χ1v) is 8.63. The van der Waals surface area contributed by atoms with E-state index in [1.165, 1.54) is 0 Å². The van der Waals surface area contributed by atoms with Crippen LogP contribution in [0.3, 0.4) is 0 Å². The summed E-state index contributed by atoms with van der Waals surface area (Å²) in [7, 11) is 0. The summed E-state index contributed by atoms with van der Waals surface area (Å²) in [4.78, 5) is 23.8. The standard InChI is InChI=1S/C16H23NO4S/c1-4-16(17,10-11-22-3)15(19)21-13-8-6-12(7-9-13)14(18)20-5-2/h6-9H,4-5,10-11,17H2,1-3H3. The van der Waals surface area contributed by atoms with E-state index in [4.69, 9.17) is 15.2 Å². The highest BCUT2D eigenvalue weighted by molar-refractivity contribution is 7.98. The van der Waals surface area contributed by atoms with Gasteiger partial charge in [-0.2, -0.15) is 11.8 Å². The van der Waals surface area contributed by atoms with Gasteiger partial charge in [-0.15, -0.1) is 0 Å². The molecule has 0 bridgehead atoms. The van der Waals surface area contributed by atoms with Crippen LogP contribution in [-0.4, -0.2) is 36.1 Å². The minimum absolute atomic E-state index is 0.317. The van der Waals surface area contributed by atoms with Crippen molar-refractivity contribution in [2.24, 2.45) is 5.73 Å². The van der Waals surface area contributed by atoms with Gasteiger partial charge in [0.1, 0.15) is 11.3 Å². The number of hydrogen-bond donors (Lipinski definition) is 1. The monoisotopic (exact) mass is 325 g/mol. The summed E-state index contributed by atoms with van der Waals surface area (Å²) < 4.78 is 10.2. The fraction of sp³-hybridized carbons (Fsp3) is 0.500. The van der Waals surface area contributed by atoms with E-state index in [9.17, 15) is 9.59 Å². The maximum atomic E-state index is 12.2. The molecule has 0 heterocycles. The molecular weight excluding hydrogens is 302 g/mol. The predicted molar refractivity (Wildman–Crippen MR) is 88.2 cm³/mol. The number of thioether (sulfide) groups is 1. The molecule has 1 rings (SSSR count). The molecule has 6 heteroatoms. The van der Waals surface area contributed by atoms with Crippen molar-refractivity contribution in [3.63, 3.8) is 0 Å². The Balaban J connectivity index is 2.73.